The van der Waals surface area contributed by atoms with Gasteiger partial charge in [-0.05, 0) is 18.2 Å². The number of aliphatic hydroxyl groups excluding tert-OH is 2. The molecular weight excluding hydrogens is 244 g/mol. The molecule has 0 unspecified atom stereocenters. The lowest BCUT2D eigenvalue weighted by molar-refractivity contribution is 0.0572. The van der Waals surface area contributed by atoms with Crippen molar-refractivity contribution in [2.24, 2.45) is 0 Å². The minimum Gasteiger partial charge on any atom is -0.399 e. The number of halogens is 1. The van der Waals surface area contributed by atoms with E-state index in [1.54, 1.807) is 6.07 Å². The van der Waals surface area contributed by atoms with E-state index in [4.69, 9.17) is 17.3 Å². The van der Waals surface area contributed by atoms with Crippen molar-refractivity contribution in [1.82, 2.24) is 4.90 Å². The first kappa shape index (κ1) is 12.2. The van der Waals surface area contributed by atoms with Crippen LogP contribution in [0.25, 0.3) is 0 Å². The van der Waals surface area contributed by atoms with Crippen molar-refractivity contribution in [3.8, 4) is 0 Å². The summed E-state index contributed by atoms with van der Waals surface area (Å²) in [5.41, 5.74) is 6.34. The van der Waals surface area contributed by atoms with Crippen LogP contribution >= 0.6 is 11.6 Å². The number of β-amino-alcohol motifs (C(OH)–C–C–N with tert-alkyl or cyclic N) is 2. The van der Waals surface area contributed by atoms with Gasteiger partial charge < -0.3 is 20.8 Å². The molecule has 0 radical (unpaired) electrons. The molecular formula is C11H13ClN2O3. The van der Waals surface area contributed by atoms with Gasteiger partial charge in [-0.3, -0.25) is 4.79 Å². The molecule has 5 nitrogen and oxygen atoms in total. The molecule has 1 fully saturated rings. The lowest BCUT2D eigenvalue weighted by Crippen LogP contribution is -2.30. The summed E-state index contributed by atoms with van der Waals surface area (Å²) in [7, 11) is 0. The highest BCUT2D eigenvalue weighted by Crippen LogP contribution is 2.22. The highest BCUT2D eigenvalue weighted by atomic mass is 35.5. The van der Waals surface area contributed by atoms with Crippen molar-refractivity contribution in [2.75, 3.05) is 18.8 Å². The molecule has 17 heavy (non-hydrogen) atoms. The summed E-state index contributed by atoms with van der Waals surface area (Å²) in [6.45, 7) is 0.224. The van der Waals surface area contributed by atoms with Crippen LogP contribution in [0.1, 0.15) is 10.4 Å². The number of carbonyl (C=O) groups is 1. The molecule has 92 valence electrons. The highest BCUT2D eigenvalue weighted by Gasteiger charge is 2.33. The van der Waals surface area contributed by atoms with Crippen LogP contribution in [0.5, 0.6) is 0 Å². The molecule has 1 aromatic carbocycles. The number of likely N-dealkylation sites (tertiary alicyclic amines) is 1. The summed E-state index contributed by atoms with van der Waals surface area (Å²) in [4.78, 5) is 13.4. The van der Waals surface area contributed by atoms with E-state index < -0.39 is 12.2 Å². The first-order valence-corrected chi connectivity index (χ1v) is 5.57. The Labute approximate surface area is 103 Å². The second kappa shape index (κ2) is 4.52. The molecule has 1 aliphatic heterocycles. The molecule has 0 aliphatic carbocycles. The first-order valence-electron chi connectivity index (χ1n) is 5.19. The van der Waals surface area contributed by atoms with Crippen LogP contribution in [0, 0.1) is 0 Å². The Morgan fingerprint density at radius 2 is 1.94 bits per heavy atom. The molecule has 4 N–H and O–H groups in total. The van der Waals surface area contributed by atoms with Gasteiger partial charge in [0.05, 0.1) is 22.8 Å². The third-order valence-corrected chi connectivity index (χ3v) is 3.08. The van der Waals surface area contributed by atoms with Crippen molar-refractivity contribution in [1.29, 1.82) is 0 Å². The van der Waals surface area contributed by atoms with Crippen LogP contribution in [0.15, 0.2) is 18.2 Å². The van der Waals surface area contributed by atoms with Gasteiger partial charge in [0.1, 0.15) is 0 Å². The number of anilines is 1. The van der Waals surface area contributed by atoms with Gasteiger partial charge in [-0.2, -0.15) is 0 Å². The van der Waals surface area contributed by atoms with E-state index in [1.807, 2.05) is 0 Å². The number of amides is 1. The van der Waals surface area contributed by atoms with Crippen LogP contribution in [0.2, 0.25) is 5.02 Å². The maximum atomic E-state index is 12.0. The average Bonchev–Trinajstić information content (AvgIpc) is 2.58. The van der Waals surface area contributed by atoms with Crippen molar-refractivity contribution in [2.45, 2.75) is 12.2 Å². The Kier molecular flexibility index (Phi) is 3.24. The standard InChI is InChI=1S/C11H13ClN2O3/c12-8-3-6(13)1-2-7(8)11(17)14-4-9(15)10(16)5-14/h1-3,9-10,15-16H,4-5,13H2/t9-,10+. The van der Waals surface area contributed by atoms with Crippen LogP contribution in [-0.4, -0.2) is 46.3 Å². The molecule has 1 aliphatic rings. The largest absolute Gasteiger partial charge is 0.399 e. The van der Waals surface area contributed by atoms with Crippen LogP contribution in [-0.2, 0) is 0 Å². The van der Waals surface area contributed by atoms with Crippen molar-refractivity contribution in [3.63, 3.8) is 0 Å². The molecule has 2 rings (SSSR count). The maximum Gasteiger partial charge on any atom is 0.255 e. The van der Waals surface area contributed by atoms with E-state index in [9.17, 15) is 15.0 Å². The second-order valence-corrected chi connectivity index (χ2v) is 4.49. The van der Waals surface area contributed by atoms with Gasteiger partial charge >= 0.3 is 0 Å². The smallest absolute Gasteiger partial charge is 0.255 e. The van der Waals surface area contributed by atoms with E-state index in [0.29, 0.717) is 11.3 Å². The molecule has 0 bridgehead atoms. The van der Waals surface area contributed by atoms with Crippen LogP contribution < -0.4 is 5.73 Å². The quantitative estimate of drug-likeness (QED) is 0.622. The monoisotopic (exact) mass is 256 g/mol. The molecule has 6 heteroatoms. The zero-order valence-electron chi connectivity index (χ0n) is 9.01. The number of nitrogens with two attached hydrogens (primary N) is 1. The summed E-state index contributed by atoms with van der Waals surface area (Å²) in [6.07, 6.45) is -1.79. The topological polar surface area (TPSA) is 86.8 Å². The molecule has 1 saturated heterocycles. The Hall–Kier alpha value is -1.30. The Balaban J connectivity index is 2.20. The van der Waals surface area contributed by atoms with Crippen LogP contribution in [0.3, 0.4) is 0 Å². The summed E-state index contributed by atoms with van der Waals surface area (Å²) < 4.78 is 0. The Morgan fingerprint density at radius 1 is 1.35 bits per heavy atom. The fourth-order valence-corrected chi connectivity index (χ4v) is 2.08. The molecule has 1 aromatic rings. The number of carbonyl (C=O) groups excluding carboxylic acids is 1. The van der Waals surface area contributed by atoms with Crippen molar-refractivity contribution in [3.05, 3.63) is 28.8 Å². The SMILES string of the molecule is Nc1ccc(C(=O)N2C[C@@H](O)[C@@H](O)C2)c(Cl)c1. The van der Waals surface area contributed by atoms with E-state index in [0.717, 1.165) is 0 Å². The van der Waals surface area contributed by atoms with E-state index in [-0.39, 0.29) is 24.0 Å². The van der Waals surface area contributed by atoms with Gasteiger partial charge in [0.2, 0.25) is 0 Å². The summed E-state index contributed by atoms with van der Waals surface area (Å²) in [5.74, 6) is -0.314. The normalized spacial score (nSPS) is 24.1. The predicted molar refractivity (Wildman–Crippen MR) is 63.8 cm³/mol. The Bertz CT molecular complexity index is 442. The zero-order chi connectivity index (χ0) is 12.6. The van der Waals surface area contributed by atoms with Gasteiger partial charge in [-0.15, -0.1) is 0 Å². The van der Waals surface area contributed by atoms with Crippen molar-refractivity contribution >= 4 is 23.2 Å². The number of nitrogen functional groups attached to an aromatic ring is 1. The fraction of sp³-hybridized carbons (Fsp3) is 0.364. The Morgan fingerprint density at radius 3 is 2.47 bits per heavy atom. The molecule has 1 amide bonds. The van der Waals surface area contributed by atoms with Gasteiger partial charge in [0.25, 0.3) is 5.91 Å². The van der Waals surface area contributed by atoms with Gasteiger partial charge in [-0.25, -0.2) is 0 Å². The number of hydrogen-bond acceptors (Lipinski definition) is 4. The minimum absolute atomic E-state index is 0.112. The van der Waals surface area contributed by atoms with Gasteiger partial charge in [0, 0.05) is 18.8 Å². The second-order valence-electron chi connectivity index (χ2n) is 4.08. The van der Waals surface area contributed by atoms with E-state index in [1.165, 1.54) is 17.0 Å². The highest BCUT2D eigenvalue weighted by molar-refractivity contribution is 6.34. The molecule has 0 spiro atoms. The number of aliphatic hydroxyl groups is 2. The lowest BCUT2D eigenvalue weighted by Gasteiger charge is -2.16. The van der Waals surface area contributed by atoms with Crippen LogP contribution in [0.4, 0.5) is 5.69 Å². The summed E-state index contributed by atoms with van der Waals surface area (Å²) >= 11 is 5.92. The van der Waals surface area contributed by atoms with E-state index in [2.05, 4.69) is 0 Å². The molecule has 0 saturated carbocycles. The lowest BCUT2D eigenvalue weighted by atomic mass is 10.2. The summed E-state index contributed by atoms with van der Waals surface area (Å²) in [6, 6.07) is 4.62. The third kappa shape index (κ3) is 2.36. The minimum atomic E-state index is -0.897. The number of hydrogen-bond donors (Lipinski definition) is 3. The average molecular weight is 257 g/mol. The van der Waals surface area contributed by atoms with Crippen molar-refractivity contribution < 1.29 is 15.0 Å². The number of benzene rings is 1. The molecule has 2 atom stereocenters. The van der Waals surface area contributed by atoms with Gasteiger partial charge in [-0.1, -0.05) is 11.6 Å². The third-order valence-electron chi connectivity index (χ3n) is 2.77. The summed E-state index contributed by atoms with van der Waals surface area (Å²) in [5, 5.41) is 19.0. The predicted octanol–water partition coefficient (Wildman–Crippen LogP) is 0.0998. The first-order chi connectivity index (χ1) is 7.99. The zero-order valence-corrected chi connectivity index (χ0v) is 9.76. The van der Waals surface area contributed by atoms with E-state index >= 15 is 0 Å². The maximum absolute atomic E-state index is 12.0. The molecule has 1 heterocycles. The molecule has 0 aromatic heterocycles. The fourth-order valence-electron chi connectivity index (χ4n) is 1.81. The number of nitrogens with zero attached hydrogens (tertiary/aromatic N) is 1. The van der Waals surface area contributed by atoms with Gasteiger partial charge in [0.15, 0.2) is 0 Å². The number of rotatable bonds is 1.